The van der Waals surface area contributed by atoms with Gasteiger partial charge in [-0.05, 0) is 61.9 Å². The molecule has 0 amide bonds. The minimum absolute atomic E-state index is 0.430. The quantitative estimate of drug-likeness (QED) is 0.782. The highest BCUT2D eigenvalue weighted by atomic mass is 32.2. The Balaban J connectivity index is 2.05. The van der Waals surface area contributed by atoms with Crippen molar-refractivity contribution in [2.75, 3.05) is 20.1 Å². The average Bonchev–Trinajstić information content (AvgIpc) is 2.90. The molecule has 0 heterocycles. The lowest BCUT2D eigenvalue weighted by atomic mass is 10.1. The molecule has 0 atom stereocenters. The number of nitrogens with zero attached hydrogens (tertiary/aromatic N) is 1. The third kappa shape index (κ3) is 3.40. The van der Waals surface area contributed by atoms with E-state index in [1.54, 1.807) is 13.1 Å². The monoisotopic (exact) mass is 296 g/mol. The second-order valence-corrected chi connectivity index (χ2v) is 7.50. The van der Waals surface area contributed by atoms with Crippen LogP contribution in [0.3, 0.4) is 0 Å². The molecule has 1 aliphatic rings. The highest BCUT2D eigenvalue weighted by Crippen LogP contribution is 2.26. The van der Waals surface area contributed by atoms with E-state index in [0.717, 1.165) is 38.5 Å². The number of hydrogen-bond acceptors (Lipinski definition) is 3. The molecule has 0 aliphatic heterocycles. The van der Waals surface area contributed by atoms with Crippen molar-refractivity contribution in [3.8, 4) is 0 Å². The Morgan fingerprint density at radius 3 is 2.65 bits per heavy atom. The Hall–Kier alpha value is -0.910. The zero-order chi connectivity index (χ0) is 14.6. The van der Waals surface area contributed by atoms with E-state index in [9.17, 15) is 8.42 Å². The first-order valence-corrected chi connectivity index (χ1v) is 8.78. The van der Waals surface area contributed by atoms with E-state index < -0.39 is 10.0 Å². The molecule has 1 aromatic carbocycles. The average molecular weight is 296 g/mol. The van der Waals surface area contributed by atoms with Gasteiger partial charge in [-0.25, -0.2) is 12.7 Å². The molecule has 2 N–H and O–H groups in total. The number of fused-ring (bicyclic) bond motifs is 1. The fourth-order valence-electron chi connectivity index (χ4n) is 2.66. The van der Waals surface area contributed by atoms with E-state index in [4.69, 9.17) is 5.73 Å². The Labute approximate surface area is 122 Å². The number of benzene rings is 1. The molecule has 0 saturated carbocycles. The van der Waals surface area contributed by atoms with E-state index >= 15 is 0 Å². The maximum Gasteiger partial charge on any atom is 0.242 e. The van der Waals surface area contributed by atoms with Crippen LogP contribution >= 0.6 is 0 Å². The van der Waals surface area contributed by atoms with Gasteiger partial charge in [0.2, 0.25) is 10.0 Å². The van der Waals surface area contributed by atoms with Gasteiger partial charge < -0.3 is 5.73 Å². The van der Waals surface area contributed by atoms with Crippen LogP contribution in [0.25, 0.3) is 0 Å². The van der Waals surface area contributed by atoms with Crippen molar-refractivity contribution in [3.63, 3.8) is 0 Å². The van der Waals surface area contributed by atoms with Gasteiger partial charge in [0, 0.05) is 13.6 Å². The maximum absolute atomic E-state index is 12.5. The lowest BCUT2D eigenvalue weighted by Gasteiger charge is -2.17. The molecule has 0 radical (unpaired) electrons. The van der Waals surface area contributed by atoms with Crippen LogP contribution in [0.2, 0.25) is 0 Å². The van der Waals surface area contributed by atoms with Crippen LogP contribution < -0.4 is 5.73 Å². The predicted octanol–water partition coefficient (Wildman–Crippen LogP) is 1.92. The smallest absolute Gasteiger partial charge is 0.242 e. The van der Waals surface area contributed by atoms with Gasteiger partial charge in [-0.3, -0.25) is 0 Å². The van der Waals surface area contributed by atoms with Crippen molar-refractivity contribution in [2.45, 2.75) is 43.4 Å². The van der Waals surface area contributed by atoms with Crippen LogP contribution in [0.1, 0.15) is 36.8 Å². The van der Waals surface area contributed by atoms with Gasteiger partial charge >= 0.3 is 0 Å². The third-order valence-electron chi connectivity index (χ3n) is 3.96. The predicted molar refractivity (Wildman–Crippen MR) is 81.2 cm³/mol. The number of sulfonamides is 1. The van der Waals surface area contributed by atoms with Gasteiger partial charge in [-0.15, -0.1) is 0 Å². The van der Waals surface area contributed by atoms with Crippen LogP contribution in [0, 0.1) is 0 Å². The third-order valence-corrected chi connectivity index (χ3v) is 5.81. The Bertz CT molecular complexity index is 555. The second kappa shape index (κ2) is 6.70. The van der Waals surface area contributed by atoms with E-state index in [0.29, 0.717) is 18.0 Å². The van der Waals surface area contributed by atoms with Crippen molar-refractivity contribution in [1.82, 2.24) is 4.31 Å². The van der Waals surface area contributed by atoms with Crippen LogP contribution in [0.5, 0.6) is 0 Å². The normalized spacial score (nSPS) is 14.8. The summed E-state index contributed by atoms with van der Waals surface area (Å²) >= 11 is 0. The number of rotatable bonds is 7. The molecule has 0 fully saturated rings. The van der Waals surface area contributed by atoms with Gasteiger partial charge in [0.25, 0.3) is 0 Å². The van der Waals surface area contributed by atoms with E-state index in [1.807, 2.05) is 12.1 Å². The van der Waals surface area contributed by atoms with Crippen molar-refractivity contribution in [2.24, 2.45) is 5.73 Å². The first-order chi connectivity index (χ1) is 9.55. The van der Waals surface area contributed by atoms with Crippen molar-refractivity contribution in [3.05, 3.63) is 29.3 Å². The van der Waals surface area contributed by atoms with E-state index in [2.05, 4.69) is 0 Å². The summed E-state index contributed by atoms with van der Waals surface area (Å²) in [6.07, 6.45) is 5.99. The van der Waals surface area contributed by atoms with Crippen LogP contribution in [-0.4, -0.2) is 32.9 Å². The molecule has 5 heteroatoms. The van der Waals surface area contributed by atoms with Gasteiger partial charge in [-0.2, -0.15) is 0 Å². The minimum Gasteiger partial charge on any atom is -0.330 e. The second-order valence-electron chi connectivity index (χ2n) is 5.46. The van der Waals surface area contributed by atoms with E-state index in [-0.39, 0.29) is 0 Å². The number of aryl methyl sites for hydroxylation is 2. The summed E-state index contributed by atoms with van der Waals surface area (Å²) in [5, 5.41) is 0. The molecule has 0 aromatic heterocycles. The largest absolute Gasteiger partial charge is 0.330 e. The van der Waals surface area contributed by atoms with Gasteiger partial charge in [0.05, 0.1) is 4.90 Å². The zero-order valence-electron chi connectivity index (χ0n) is 12.1. The van der Waals surface area contributed by atoms with E-state index in [1.165, 1.54) is 15.4 Å². The number of unbranched alkanes of at least 4 members (excludes halogenated alkanes) is 2. The van der Waals surface area contributed by atoms with Crippen LogP contribution in [0.4, 0.5) is 0 Å². The molecule has 20 heavy (non-hydrogen) atoms. The summed E-state index contributed by atoms with van der Waals surface area (Å²) in [6, 6.07) is 5.57. The summed E-state index contributed by atoms with van der Waals surface area (Å²) in [4.78, 5) is 0.430. The molecular weight excluding hydrogens is 272 g/mol. The first kappa shape index (κ1) is 15.5. The summed E-state index contributed by atoms with van der Waals surface area (Å²) in [7, 11) is -1.69. The summed E-state index contributed by atoms with van der Waals surface area (Å²) in [5.41, 5.74) is 7.94. The Morgan fingerprint density at radius 2 is 1.90 bits per heavy atom. The van der Waals surface area contributed by atoms with Gasteiger partial charge in [0.1, 0.15) is 0 Å². The fraction of sp³-hybridized carbons (Fsp3) is 0.600. The first-order valence-electron chi connectivity index (χ1n) is 7.34. The Kier molecular flexibility index (Phi) is 5.18. The van der Waals surface area contributed by atoms with Crippen molar-refractivity contribution in [1.29, 1.82) is 0 Å². The standard InChI is InChI=1S/C15H24N2O2S/c1-17(11-4-2-3-10-16)20(18,19)15-9-8-13-6-5-7-14(13)12-15/h8-9,12H,2-7,10-11,16H2,1H3. The maximum atomic E-state index is 12.5. The summed E-state index contributed by atoms with van der Waals surface area (Å²) in [6.45, 7) is 1.22. The molecule has 0 unspecified atom stereocenters. The van der Waals surface area contributed by atoms with Crippen LogP contribution in [-0.2, 0) is 22.9 Å². The molecule has 112 valence electrons. The zero-order valence-corrected chi connectivity index (χ0v) is 13.0. The minimum atomic E-state index is -3.35. The SMILES string of the molecule is CN(CCCCCN)S(=O)(=O)c1ccc2c(c1)CCC2. The molecule has 0 bridgehead atoms. The lowest BCUT2D eigenvalue weighted by Crippen LogP contribution is -2.28. The highest BCUT2D eigenvalue weighted by Gasteiger charge is 2.22. The summed E-state index contributed by atoms with van der Waals surface area (Å²) < 4.78 is 26.5. The molecule has 1 aliphatic carbocycles. The molecule has 1 aromatic rings. The topological polar surface area (TPSA) is 63.4 Å². The molecule has 0 saturated heterocycles. The highest BCUT2D eigenvalue weighted by molar-refractivity contribution is 7.89. The summed E-state index contributed by atoms with van der Waals surface area (Å²) in [5.74, 6) is 0. The number of nitrogens with two attached hydrogens (primary N) is 1. The molecule has 2 rings (SSSR count). The lowest BCUT2D eigenvalue weighted by molar-refractivity contribution is 0.453. The molecule has 0 spiro atoms. The van der Waals surface area contributed by atoms with Crippen molar-refractivity contribution < 1.29 is 8.42 Å². The van der Waals surface area contributed by atoms with Gasteiger partial charge in [0.15, 0.2) is 0 Å². The Morgan fingerprint density at radius 1 is 1.15 bits per heavy atom. The van der Waals surface area contributed by atoms with Crippen LogP contribution in [0.15, 0.2) is 23.1 Å². The number of hydrogen-bond donors (Lipinski definition) is 1. The molecular formula is C15H24N2O2S. The fourth-order valence-corrected chi connectivity index (χ4v) is 3.92. The molecule has 4 nitrogen and oxygen atoms in total. The van der Waals surface area contributed by atoms with Gasteiger partial charge in [-0.1, -0.05) is 12.5 Å². The van der Waals surface area contributed by atoms with Crippen molar-refractivity contribution >= 4 is 10.0 Å².